The summed E-state index contributed by atoms with van der Waals surface area (Å²) in [6, 6.07) is 7.15. The van der Waals surface area contributed by atoms with E-state index in [0.29, 0.717) is 5.69 Å². The number of aromatic nitrogens is 1. The molecule has 0 unspecified atom stereocenters. The van der Waals surface area contributed by atoms with Crippen LogP contribution in [0.5, 0.6) is 0 Å². The van der Waals surface area contributed by atoms with E-state index in [1.54, 1.807) is 18.3 Å². The minimum atomic E-state index is -0.458. The Hall–Kier alpha value is -2.10. The zero-order valence-corrected chi connectivity index (χ0v) is 8.23. The van der Waals surface area contributed by atoms with Crippen molar-refractivity contribution >= 4 is 22.4 Å². The van der Waals surface area contributed by atoms with Gasteiger partial charge in [-0.15, -0.1) is 0 Å². The first-order valence-electron chi connectivity index (χ1n) is 4.45. The number of ether oxygens (including phenoxy) is 1. The molecule has 2 N–H and O–H groups in total. The van der Waals surface area contributed by atoms with Gasteiger partial charge in [0.05, 0.1) is 7.11 Å². The number of benzene rings is 1. The van der Waals surface area contributed by atoms with Crippen molar-refractivity contribution in [2.45, 2.75) is 0 Å². The zero-order valence-electron chi connectivity index (χ0n) is 8.23. The van der Waals surface area contributed by atoms with Crippen LogP contribution in [0.4, 0.5) is 5.69 Å². The van der Waals surface area contributed by atoms with Crippen molar-refractivity contribution < 1.29 is 9.53 Å². The third-order valence-electron chi connectivity index (χ3n) is 2.19. The number of nitrogens with zero attached hydrogens (tertiary/aromatic N) is 1. The molecule has 1 aromatic heterocycles. The van der Waals surface area contributed by atoms with E-state index in [1.165, 1.54) is 7.11 Å². The molecule has 2 rings (SSSR count). The second kappa shape index (κ2) is 3.57. The first-order chi connectivity index (χ1) is 7.22. The van der Waals surface area contributed by atoms with Crippen molar-refractivity contribution in [2.75, 3.05) is 12.8 Å². The van der Waals surface area contributed by atoms with E-state index < -0.39 is 5.97 Å². The molecule has 0 amide bonds. The zero-order chi connectivity index (χ0) is 10.8. The molecule has 0 saturated carbocycles. The quantitative estimate of drug-likeness (QED) is 0.563. The van der Waals surface area contributed by atoms with Gasteiger partial charge in [-0.3, -0.25) is 0 Å². The van der Waals surface area contributed by atoms with Crippen molar-refractivity contribution in [3.63, 3.8) is 0 Å². The Balaban J connectivity index is 2.64. The Kier molecular flexibility index (Phi) is 2.25. The normalized spacial score (nSPS) is 10.2. The number of fused-ring (bicyclic) bond motifs is 1. The van der Waals surface area contributed by atoms with Gasteiger partial charge < -0.3 is 10.5 Å². The maximum Gasteiger partial charge on any atom is 0.356 e. The largest absolute Gasteiger partial charge is 0.464 e. The molecule has 0 radical (unpaired) electrons. The van der Waals surface area contributed by atoms with Gasteiger partial charge in [-0.1, -0.05) is 12.1 Å². The standard InChI is InChI=1S/C11H10N2O2/c1-15-11(14)10-5-8-7(6-13-10)3-2-4-9(8)12/h2-6H,12H2,1H3. The monoisotopic (exact) mass is 202 g/mol. The minimum absolute atomic E-state index is 0.267. The number of nitrogen functional groups attached to an aromatic ring is 1. The Morgan fingerprint density at radius 3 is 3.00 bits per heavy atom. The summed E-state index contributed by atoms with van der Waals surface area (Å²) in [6.45, 7) is 0. The van der Waals surface area contributed by atoms with Gasteiger partial charge >= 0.3 is 5.97 Å². The lowest BCUT2D eigenvalue weighted by Crippen LogP contribution is -2.04. The Morgan fingerprint density at radius 1 is 1.47 bits per heavy atom. The van der Waals surface area contributed by atoms with Gasteiger partial charge in [-0.2, -0.15) is 0 Å². The van der Waals surface area contributed by atoms with Crippen LogP contribution in [0.2, 0.25) is 0 Å². The molecule has 2 aromatic rings. The number of esters is 1. The van der Waals surface area contributed by atoms with E-state index in [9.17, 15) is 4.79 Å². The molecule has 0 spiro atoms. The van der Waals surface area contributed by atoms with E-state index in [-0.39, 0.29) is 5.69 Å². The summed E-state index contributed by atoms with van der Waals surface area (Å²) in [5.74, 6) is -0.458. The second-order valence-electron chi connectivity index (χ2n) is 3.13. The van der Waals surface area contributed by atoms with Gasteiger partial charge in [0.1, 0.15) is 5.69 Å². The molecule has 4 heteroatoms. The van der Waals surface area contributed by atoms with E-state index >= 15 is 0 Å². The van der Waals surface area contributed by atoms with Crippen molar-refractivity contribution in [1.29, 1.82) is 0 Å². The van der Waals surface area contributed by atoms with Crippen LogP contribution in [-0.2, 0) is 4.74 Å². The second-order valence-corrected chi connectivity index (χ2v) is 3.13. The lowest BCUT2D eigenvalue weighted by atomic mass is 10.1. The number of nitrogens with two attached hydrogens (primary N) is 1. The lowest BCUT2D eigenvalue weighted by Gasteiger charge is -2.03. The van der Waals surface area contributed by atoms with Crippen molar-refractivity contribution in [1.82, 2.24) is 4.98 Å². The van der Waals surface area contributed by atoms with E-state index in [4.69, 9.17) is 5.73 Å². The minimum Gasteiger partial charge on any atom is -0.464 e. The highest BCUT2D eigenvalue weighted by molar-refractivity contribution is 5.97. The summed E-state index contributed by atoms with van der Waals surface area (Å²) >= 11 is 0. The first kappa shape index (κ1) is 9.45. The van der Waals surface area contributed by atoms with Crippen molar-refractivity contribution in [3.8, 4) is 0 Å². The van der Waals surface area contributed by atoms with Gasteiger partial charge in [0.15, 0.2) is 0 Å². The molecule has 4 nitrogen and oxygen atoms in total. The van der Waals surface area contributed by atoms with Crippen LogP contribution in [0, 0.1) is 0 Å². The Bertz CT molecular complexity index is 523. The number of pyridine rings is 1. The average Bonchev–Trinajstić information content (AvgIpc) is 2.28. The van der Waals surface area contributed by atoms with Crippen LogP contribution in [0.1, 0.15) is 10.5 Å². The summed E-state index contributed by atoms with van der Waals surface area (Å²) in [4.78, 5) is 15.2. The topological polar surface area (TPSA) is 65.2 Å². The van der Waals surface area contributed by atoms with Gasteiger partial charge in [-0.05, 0) is 12.1 Å². The molecule has 0 aliphatic carbocycles. The SMILES string of the molecule is COC(=O)c1cc2c(N)cccc2cn1. The van der Waals surface area contributed by atoms with E-state index in [1.807, 2.05) is 12.1 Å². The number of hydrogen-bond donors (Lipinski definition) is 1. The van der Waals surface area contributed by atoms with Crippen LogP contribution < -0.4 is 5.73 Å². The summed E-state index contributed by atoms with van der Waals surface area (Å²) in [5, 5.41) is 1.72. The number of rotatable bonds is 1. The van der Waals surface area contributed by atoms with Crippen LogP contribution in [0.25, 0.3) is 10.8 Å². The molecule has 0 aliphatic heterocycles. The maximum absolute atomic E-state index is 11.2. The van der Waals surface area contributed by atoms with Crippen LogP contribution in [0.15, 0.2) is 30.5 Å². The molecule has 1 heterocycles. The molecule has 0 aliphatic rings. The molecule has 0 fully saturated rings. The summed E-state index contributed by atoms with van der Waals surface area (Å²) in [6.07, 6.45) is 1.61. The highest BCUT2D eigenvalue weighted by Crippen LogP contribution is 2.20. The molecule has 76 valence electrons. The highest BCUT2D eigenvalue weighted by Gasteiger charge is 2.08. The third kappa shape index (κ3) is 1.61. The van der Waals surface area contributed by atoms with Gasteiger partial charge in [0.25, 0.3) is 0 Å². The predicted molar refractivity (Wildman–Crippen MR) is 57.5 cm³/mol. The molecular formula is C11H10N2O2. The van der Waals surface area contributed by atoms with Crippen molar-refractivity contribution in [2.24, 2.45) is 0 Å². The molecule has 0 bridgehead atoms. The predicted octanol–water partition coefficient (Wildman–Crippen LogP) is 1.60. The smallest absolute Gasteiger partial charge is 0.356 e. The average molecular weight is 202 g/mol. The summed E-state index contributed by atoms with van der Waals surface area (Å²) in [7, 11) is 1.32. The van der Waals surface area contributed by atoms with E-state index in [2.05, 4.69) is 9.72 Å². The number of anilines is 1. The molecular weight excluding hydrogens is 192 g/mol. The van der Waals surface area contributed by atoms with Crippen LogP contribution >= 0.6 is 0 Å². The lowest BCUT2D eigenvalue weighted by molar-refractivity contribution is 0.0594. The first-order valence-corrected chi connectivity index (χ1v) is 4.45. The Labute approximate surface area is 86.7 Å². The number of carbonyl (C=O) groups excluding carboxylic acids is 1. The fourth-order valence-electron chi connectivity index (χ4n) is 1.41. The number of hydrogen-bond acceptors (Lipinski definition) is 4. The van der Waals surface area contributed by atoms with Crippen LogP contribution in [0.3, 0.4) is 0 Å². The molecule has 0 saturated heterocycles. The summed E-state index contributed by atoms with van der Waals surface area (Å²) in [5.41, 5.74) is 6.68. The van der Waals surface area contributed by atoms with Gasteiger partial charge in [-0.25, -0.2) is 9.78 Å². The van der Waals surface area contributed by atoms with Gasteiger partial charge in [0, 0.05) is 22.7 Å². The number of carbonyl (C=O) groups is 1. The highest BCUT2D eigenvalue weighted by atomic mass is 16.5. The van der Waals surface area contributed by atoms with Crippen molar-refractivity contribution in [3.05, 3.63) is 36.2 Å². The number of methoxy groups -OCH3 is 1. The fraction of sp³-hybridized carbons (Fsp3) is 0.0909. The molecule has 1 aromatic carbocycles. The van der Waals surface area contributed by atoms with Gasteiger partial charge in [0.2, 0.25) is 0 Å². The van der Waals surface area contributed by atoms with Crippen LogP contribution in [-0.4, -0.2) is 18.1 Å². The third-order valence-corrected chi connectivity index (χ3v) is 2.19. The molecule has 15 heavy (non-hydrogen) atoms. The summed E-state index contributed by atoms with van der Waals surface area (Å²) < 4.78 is 4.58. The molecule has 0 atom stereocenters. The fourth-order valence-corrected chi connectivity index (χ4v) is 1.41. The Morgan fingerprint density at radius 2 is 2.27 bits per heavy atom. The van der Waals surface area contributed by atoms with E-state index in [0.717, 1.165) is 10.8 Å². The maximum atomic E-state index is 11.2.